The van der Waals surface area contributed by atoms with Gasteiger partial charge in [-0.3, -0.25) is 9.69 Å². The second kappa shape index (κ2) is 15.5. The van der Waals surface area contributed by atoms with Crippen LogP contribution in [0.2, 0.25) is 0 Å². The lowest BCUT2D eigenvalue weighted by Crippen LogP contribution is -2.49. The summed E-state index contributed by atoms with van der Waals surface area (Å²) in [6.07, 6.45) is 9.59. The lowest BCUT2D eigenvalue weighted by molar-refractivity contribution is -0.145. The number of carboxylic acids is 1. The van der Waals surface area contributed by atoms with Gasteiger partial charge >= 0.3 is 12.1 Å². The van der Waals surface area contributed by atoms with Gasteiger partial charge in [-0.25, -0.2) is 4.79 Å². The molecule has 43 heavy (non-hydrogen) atoms. The zero-order chi connectivity index (χ0) is 30.0. The van der Waals surface area contributed by atoms with E-state index in [9.17, 15) is 14.7 Å². The molecule has 3 fully saturated rings. The summed E-state index contributed by atoms with van der Waals surface area (Å²) in [5.41, 5.74) is 2.47. The van der Waals surface area contributed by atoms with E-state index < -0.39 is 5.97 Å². The van der Waals surface area contributed by atoms with Gasteiger partial charge in [-0.2, -0.15) is 0 Å². The first-order valence-electron chi connectivity index (χ1n) is 16.4. The van der Waals surface area contributed by atoms with Gasteiger partial charge in [0.05, 0.1) is 6.61 Å². The van der Waals surface area contributed by atoms with E-state index in [-0.39, 0.29) is 24.1 Å². The zero-order valence-corrected chi connectivity index (χ0v) is 25.6. The average Bonchev–Trinajstić information content (AvgIpc) is 3.44. The Morgan fingerprint density at radius 2 is 1.63 bits per heavy atom. The van der Waals surface area contributed by atoms with Crippen LogP contribution in [-0.2, 0) is 16.0 Å². The Morgan fingerprint density at radius 1 is 0.953 bits per heavy atom. The van der Waals surface area contributed by atoms with Crippen molar-refractivity contribution in [2.24, 2.45) is 11.8 Å². The molecule has 3 aliphatic rings. The van der Waals surface area contributed by atoms with E-state index in [1.807, 2.05) is 23.1 Å². The van der Waals surface area contributed by atoms with E-state index in [0.29, 0.717) is 31.4 Å². The first kappa shape index (κ1) is 31.3. The van der Waals surface area contributed by atoms with E-state index in [1.54, 1.807) is 6.08 Å². The number of aliphatic carboxylic acids is 1. The van der Waals surface area contributed by atoms with Crippen molar-refractivity contribution < 1.29 is 19.4 Å². The molecular weight excluding hydrogens is 538 g/mol. The van der Waals surface area contributed by atoms with E-state index in [4.69, 9.17) is 4.74 Å². The highest BCUT2D eigenvalue weighted by Crippen LogP contribution is 2.38. The minimum absolute atomic E-state index is 0.131. The largest absolute Gasteiger partial charge is 0.480 e. The van der Waals surface area contributed by atoms with Crippen LogP contribution in [0.3, 0.4) is 0 Å². The lowest BCUT2D eigenvalue weighted by Gasteiger charge is -2.39. The fourth-order valence-corrected chi connectivity index (χ4v) is 7.74. The van der Waals surface area contributed by atoms with Gasteiger partial charge in [0.1, 0.15) is 6.04 Å². The van der Waals surface area contributed by atoms with Crippen LogP contribution >= 0.6 is 0 Å². The minimum Gasteiger partial charge on any atom is -0.480 e. The SMILES string of the molecule is C=CCN(C(=O)OCCc1ccccc1)C1CCN(CC2CN(C(C(=O)O)C3CCCCC3)CC2c2ccccc2)CC1. The number of carbonyl (C=O) groups excluding carboxylic acids is 1. The number of hydrogen-bond acceptors (Lipinski definition) is 5. The molecule has 0 radical (unpaired) electrons. The number of likely N-dealkylation sites (tertiary alicyclic amines) is 2. The summed E-state index contributed by atoms with van der Waals surface area (Å²) >= 11 is 0. The Morgan fingerprint density at radius 3 is 2.28 bits per heavy atom. The number of nitrogens with zero attached hydrogens (tertiary/aromatic N) is 3. The minimum atomic E-state index is -0.654. The molecule has 2 aromatic rings. The van der Waals surface area contributed by atoms with Crippen molar-refractivity contribution in [3.63, 3.8) is 0 Å². The number of benzene rings is 2. The first-order chi connectivity index (χ1) is 21.0. The maximum absolute atomic E-state index is 13.1. The van der Waals surface area contributed by atoms with Gasteiger partial charge in [-0.05, 0) is 48.6 Å². The molecule has 0 aromatic heterocycles. The summed E-state index contributed by atoms with van der Waals surface area (Å²) in [7, 11) is 0. The summed E-state index contributed by atoms with van der Waals surface area (Å²) in [5.74, 6) is 0.288. The molecule has 1 saturated carbocycles. The summed E-state index contributed by atoms with van der Waals surface area (Å²) in [6, 6.07) is 20.5. The maximum Gasteiger partial charge on any atom is 0.410 e. The number of rotatable bonds is 12. The molecule has 3 atom stereocenters. The van der Waals surface area contributed by atoms with Crippen molar-refractivity contribution >= 4 is 12.1 Å². The molecule has 7 heteroatoms. The van der Waals surface area contributed by atoms with Crippen LogP contribution < -0.4 is 0 Å². The van der Waals surface area contributed by atoms with Gasteiger partial charge in [-0.15, -0.1) is 6.58 Å². The van der Waals surface area contributed by atoms with Crippen molar-refractivity contribution in [2.75, 3.05) is 45.9 Å². The van der Waals surface area contributed by atoms with Crippen molar-refractivity contribution in [1.29, 1.82) is 0 Å². The molecular formula is C36H49N3O4. The Labute approximate surface area is 257 Å². The summed E-state index contributed by atoms with van der Waals surface area (Å²) in [4.78, 5) is 32.3. The maximum atomic E-state index is 13.1. The second-order valence-electron chi connectivity index (χ2n) is 12.7. The highest BCUT2D eigenvalue weighted by Gasteiger charge is 2.43. The Kier molecular flexibility index (Phi) is 11.3. The van der Waals surface area contributed by atoms with Crippen LogP contribution in [-0.4, -0.2) is 89.8 Å². The number of ether oxygens (including phenoxy) is 1. The van der Waals surface area contributed by atoms with Crippen LogP contribution in [0.1, 0.15) is 62.0 Å². The van der Waals surface area contributed by atoms with E-state index in [1.165, 1.54) is 12.0 Å². The third kappa shape index (κ3) is 8.27. The number of carbonyl (C=O) groups is 2. The van der Waals surface area contributed by atoms with Crippen molar-refractivity contribution in [1.82, 2.24) is 14.7 Å². The van der Waals surface area contributed by atoms with Gasteiger partial charge in [0.2, 0.25) is 0 Å². The van der Waals surface area contributed by atoms with Gasteiger partial charge < -0.3 is 19.6 Å². The highest BCUT2D eigenvalue weighted by molar-refractivity contribution is 5.74. The number of piperidine rings is 1. The molecule has 2 aliphatic heterocycles. The fraction of sp³-hybridized carbons (Fsp3) is 0.556. The second-order valence-corrected chi connectivity index (χ2v) is 12.7. The third-order valence-electron chi connectivity index (χ3n) is 9.95. The fourth-order valence-electron chi connectivity index (χ4n) is 7.74. The molecule has 2 aromatic carbocycles. The zero-order valence-electron chi connectivity index (χ0n) is 25.6. The van der Waals surface area contributed by atoms with Crippen LogP contribution in [0.5, 0.6) is 0 Å². The van der Waals surface area contributed by atoms with Gasteiger partial charge in [0.15, 0.2) is 0 Å². The monoisotopic (exact) mass is 587 g/mol. The summed E-state index contributed by atoms with van der Waals surface area (Å²) < 4.78 is 5.69. The molecule has 1 amide bonds. The molecule has 3 unspecified atom stereocenters. The lowest BCUT2D eigenvalue weighted by atomic mass is 9.83. The molecule has 0 spiro atoms. The number of hydrogen-bond donors (Lipinski definition) is 1. The Bertz CT molecular complexity index is 1160. The summed E-state index contributed by atoms with van der Waals surface area (Å²) in [6.45, 7) is 9.15. The van der Waals surface area contributed by atoms with E-state index in [0.717, 1.165) is 76.8 Å². The molecule has 1 aliphatic carbocycles. The Balaban J connectivity index is 1.19. The molecule has 2 saturated heterocycles. The third-order valence-corrected chi connectivity index (χ3v) is 9.95. The van der Waals surface area contributed by atoms with Gasteiger partial charge in [0, 0.05) is 57.6 Å². The first-order valence-corrected chi connectivity index (χ1v) is 16.4. The molecule has 2 heterocycles. The van der Waals surface area contributed by atoms with E-state index >= 15 is 0 Å². The van der Waals surface area contributed by atoms with Crippen molar-refractivity contribution in [2.45, 2.75) is 69.4 Å². The van der Waals surface area contributed by atoms with Crippen molar-refractivity contribution in [3.05, 3.63) is 84.4 Å². The number of carboxylic acid groups (broad SMARTS) is 1. The quantitative estimate of drug-likeness (QED) is 0.304. The van der Waals surface area contributed by atoms with Gasteiger partial charge in [-0.1, -0.05) is 86.0 Å². The molecule has 232 valence electrons. The smallest absolute Gasteiger partial charge is 0.410 e. The predicted molar refractivity (Wildman–Crippen MR) is 170 cm³/mol. The summed E-state index contributed by atoms with van der Waals surface area (Å²) in [5, 5.41) is 10.3. The van der Waals surface area contributed by atoms with Crippen LogP contribution in [0, 0.1) is 11.8 Å². The number of amides is 1. The predicted octanol–water partition coefficient (Wildman–Crippen LogP) is 6.07. The van der Waals surface area contributed by atoms with Crippen LogP contribution in [0.15, 0.2) is 73.3 Å². The van der Waals surface area contributed by atoms with E-state index in [2.05, 4.69) is 58.8 Å². The van der Waals surface area contributed by atoms with Crippen molar-refractivity contribution in [3.8, 4) is 0 Å². The van der Waals surface area contributed by atoms with Crippen LogP contribution in [0.25, 0.3) is 0 Å². The molecule has 5 rings (SSSR count). The normalized spacial score (nSPS) is 23.1. The molecule has 7 nitrogen and oxygen atoms in total. The van der Waals surface area contributed by atoms with Gasteiger partial charge in [0.25, 0.3) is 0 Å². The molecule has 1 N–H and O–H groups in total. The topological polar surface area (TPSA) is 73.3 Å². The highest BCUT2D eigenvalue weighted by atomic mass is 16.6. The average molecular weight is 588 g/mol. The van der Waals surface area contributed by atoms with Crippen LogP contribution in [0.4, 0.5) is 4.79 Å². The molecule has 0 bridgehead atoms. The standard InChI is InChI=1S/C36H49N3O4/c1-2-21-39(36(42)43-24-20-28-12-6-3-7-13-28)32-18-22-37(23-19-32)25-31-26-38(27-33(31)29-14-8-4-9-15-29)34(35(40)41)30-16-10-5-11-17-30/h2-4,6-9,12-15,30-34H,1,5,10-11,16-27H2,(H,40,41). The Hall–Kier alpha value is -3.16.